The molecule has 0 radical (unpaired) electrons. The molecule has 0 atom stereocenters. The molecular weight excluding hydrogens is 252 g/mol. The van der Waals surface area contributed by atoms with Crippen LogP contribution in [0.4, 0.5) is 5.69 Å². The van der Waals surface area contributed by atoms with Crippen LogP contribution >= 0.6 is 11.6 Å². The molecule has 1 amide bonds. The van der Waals surface area contributed by atoms with Crippen molar-refractivity contribution in [2.75, 3.05) is 31.1 Å². The van der Waals surface area contributed by atoms with E-state index in [0.29, 0.717) is 23.7 Å². The number of rotatable bonds is 2. The average Bonchev–Trinajstić information content (AvgIpc) is 2.38. The second-order valence-electron chi connectivity index (χ2n) is 4.31. The minimum absolute atomic E-state index is 0.0985. The molecule has 4 nitrogen and oxygen atoms in total. The Kier molecular flexibility index (Phi) is 3.87. The van der Waals surface area contributed by atoms with Crippen molar-refractivity contribution >= 4 is 29.5 Å². The molecule has 0 saturated carbocycles. The summed E-state index contributed by atoms with van der Waals surface area (Å²) in [6.45, 7) is 4.44. The highest BCUT2D eigenvalue weighted by atomic mass is 35.5. The number of hydrogen-bond acceptors (Lipinski definition) is 3. The predicted octanol–water partition coefficient (Wildman–Crippen LogP) is 1.82. The molecule has 1 saturated heterocycles. The molecular formula is C13H15ClN2O2. The Morgan fingerprint density at radius 2 is 1.94 bits per heavy atom. The summed E-state index contributed by atoms with van der Waals surface area (Å²) in [6.07, 6.45) is 0.818. The van der Waals surface area contributed by atoms with Crippen LogP contribution in [0.3, 0.4) is 0 Å². The van der Waals surface area contributed by atoms with Gasteiger partial charge < -0.3 is 9.80 Å². The Balaban J connectivity index is 2.14. The number of piperazine rings is 1. The fourth-order valence-corrected chi connectivity index (χ4v) is 2.35. The summed E-state index contributed by atoms with van der Waals surface area (Å²) in [4.78, 5) is 26.2. The van der Waals surface area contributed by atoms with Crippen LogP contribution in [0.1, 0.15) is 17.3 Å². The van der Waals surface area contributed by atoms with Crippen LogP contribution in [0.15, 0.2) is 18.2 Å². The minimum atomic E-state index is 0.0985. The van der Waals surface area contributed by atoms with Crippen LogP contribution < -0.4 is 4.90 Å². The van der Waals surface area contributed by atoms with Crippen LogP contribution in [-0.2, 0) is 4.79 Å². The first-order chi connectivity index (χ1) is 8.61. The topological polar surface area (TPSA) is 40.6 Å². The number of benzene rings is 1. The van der Waals surface area contributed by atoms with Gasteiger partial charge in [-0.25, -0.2) is 0 Å². The van der Waals surface area contributed by atoms with E-state index < -0.39 is 0 Å². The number of nitrogens with zero attached hydrogens (tertiary/aromatic N) is 2. The standard InChI is InChI=1S/C13H15ClN2O2/c1-10(18)15-4-6-16(7-5-15)13-3-2-12(14)8-11(13)9-17/h2-3,8-9H,4-7H2,1H3. The Labute approximate surface area is 111 Å². The molecule has 0 aromatic heterocycles. The van der Waals surface area contributed by atoms with Crippen LogP contribution in [-0.4, -0.2) is 43.3 Å². The SMILES string of the molecule is CC(=O)N1CCN(c2ccc(Cl)cc2C=O)CC1. The van der Waals surface area contributed by atoms with Crippen molar-refractivity contribution in [2.45, 2.75) is 6.92 Å². The second kappa shape index (κ2) is 5.40. The van der Waals surface area contributed by atoms with E-state index in [4.69, 9.17) is 11.6 Å². The van der Waals surface area contributed by atoms with Gasteiger partial charge in [-0.1, -0.05) is 11.6 Å². The van der Waals surface area contributed by atoms with Crippen LogP contribution in [0.25, 0.3) is 0 Å². The average molecular weight is 267 g/mol. The van der Waals surface area contributed by atoms with Crippen LogP contribution in [0, 0.1) is 0 Å². The summed E-state index contributed by atoms with van der Waals surface area (Å²) in [5.41, 5.74) is 1.48. The first-order valence-corrected chi connectivity index (χ1v) is 6.25. The van der Waals surface area contributed by atoms with Gasteiger partial charge in [-0.05, 0) is 18.2 Å². The van der Waals surface area contributed by atoms with Crippen molar-refractivity contribution in [1.82, 2.24) is 4.90 Å². The van der Waals surface area contributed by atoms with Gasteiger partial charge in [-0.3, -0.25) is 9.59 Å². The van der Waals surface area contributed by atoms with Gasteiger partial charge in [0.25, 0.3) is 0 Å². The van der Waals surface area contributed by atoms with Crippen LogP contribution in [0.2, 0.25) is 5.02 Å². The summed E-state index contributed by atoms with van der Waals surface area (Å²) in [7, 11) is 0. The third kappa shape index (κ3) is 2.64. The lowest BCUT2D eigenvalue weighted by molar-refractivity contribution is -0.129. The molecule has 1 aliphatic heterocycles. The van der Waals surface area contributed by atoms with Gasteiger partial charge >= 0.3 is 0 Å². The summed E-state index contributed by atoms with van der Waals surface area (Å²) in [5, 5.41) is 0.559. The van der Waals surface area contributed by atoms with E-state index in [1.54, 1.807) is 19.1 Å². The van der Waals surface area contributed by atoms with Gasteiger partial charge in [0.1, 0.15) is 0 Å². The van der Waals surface area contributed by atoms with Gasteiger partial charge in [0.2, 0.25) is 5.91 Å². The summed E-state index contributed by atoms with van der Waals surface area (Å²) < 4.78 is 0. The molecule has 0 N–H and O–H groups in total. The summed E-state index contributed by atoms with van der Waals surface area (Å²) in [6, 6.07) is 5.30. The first-order valence-electron chi connectivity index (χ1n) is 5.87. The summed E-state index contributed by atoms with van der Waals surface area (Å²) >= 11 is 5.87. The molecule has 96 valence electrons. The van der Waals surface area contributed by atoms with E-state index in [2.05, 4.69) is 4.90 Å². The van der Waals surface area contributed by atoms with Crippen molar-refractivity contribution in [3.05, 3.63) is 28.8 Å². The summed E-state index contributed by atoms with van der Waals surface area (Å²) in [5.74, 6) is 0.0985. The van der Waals surface area contributed by atoms with Gasteiger partial charge in [0.15, 0.2) is 6.29 Å². The Hall–Kier alpha value is -1.55. The van der Waals surface area contributed by atoms with E-state index in [0.717, 1.165) is 25.1 Å². The van der Waals surface area contributed by atoms with Gasteiger partial charge in [0.05, 0.1) is 0 Å². The highest BCUT2D eigenvalue weighted by Crippen LogP contribution is 2.24. The maximum Gasteiger partial charge on any atom is 0.219 e. The molecule has 5 heteroatoms. The minimum Gasteiger partial charge on any atom is -0.367 e. The monoisotopic (exact) mass is 266 g/mol. The number of hydrogen-bond donors (Lipinski definition) is 0. The maximum atomic E-state index is 11.2. The number of aldehydes is 1. The Bertz CT molecular complexity index is 468. The van der Waals surface area contributed by atoms with Gasteiger partial charge in [0, 0.05) is 49.4 Å². The highest BCUT2D eigenvalue weighted by molar-refractivity contribution is 6.31. The van der Waals surface area contributed by atoms with Crippen molar-refractivity contribution in [3.8, 4) is 0 Å². The highest BCUT2D eigenvalue weighted by Gasteiger charge is 2.20. The van der Waals surface area contributed by atoms with Crippen molar-refractivity contribution in [3.63, 3.8) is 0 Å². The fourth-order valence-electron chi connectivity index (χ4n) is 2.17. The maximum absolute atomic E-state index is 11.2. The smallest absolute Gasteiger partial charge is 0.219 e. The lowest BCUT2D eigenvalue weighted by Gasteiger charge is -2.36. The van der Waals surface area contributed by atoms with Crippen molar-refractivity contribution in [2.24, 2.45) is 0 Å². The zero-order valence-corrected chi connectivity index (χ0v) is 11.0. The lowest BCUT2D eigenvalue weighted by atomic mass is 10.1. The van der Waals surface area contributed by atoms with E-state index in [1.165, 1.54) is 0 Å². The number of amides is 1. The molecule has 0 spiro atoms. The number of carbonyl (C=O) groups excluding carboxylic acids is 2. The van der Waals surface area contributed by atoms with Crippen molar-refractivity contribution in [1.29, 1.82) is 0 Å². The zero-order valence-electron chi connectivity index (χ0n) is 10.2. The fraction of sp³-hybridized carbons (Fsp3) is 0.385. The zero-order chi connectivity index (χ0) is 13.1. The number of carbonyl (C=O) groups is 2. The Morgan fingerprint density at radius 1 is 1.28 bits per heavy atom. The van der Waals surface area contributed by atoms with Gasteiger partial charge in [-0.15, -0.1) is 0 Å². The number of halogens is 1. The molecule has 0 unspecified atom stereocenters. The quantitative estimate of drug-likeness (QED) is 0.767. The third-order valence-electron chi connectivity index (χ3n) is 3.18. The molecule has 1 aliphatic rings. The first kappa shape index (κ1) is 12.9. The lowest BCUT2D eigenvalue weighted by Crippen LogP contribution is -2.48. The molecule has 1 heterocycles. The predicted molar refractivity (Wildman–Crippen MR) is 71.3 cm³/mol. The van der Waals surface area contributed by atoms with Crippen LogP contribution in [0.5, 0.6) is 0 Å². The molecule has 2 rings (SSSR count). The van der Waals surface area contributed by atoms with Gasteiger partial charge in [-0.2, -0.15) is 0 Å². The molecule has 0 bridgehead atoms. The van der Waals surface area contributed by atoms with E-state index >= 15 is 0 Å². The molecule has 1 aromatic rings. The molecule has 1 aromatic carbocycles. The van der Waals surface area contributed by atoms with E-state index in [-0.39, 0.29) is 5.91 Å². The molecule has 1 fully saturated rings. The van der Waals surface area contributed by atoms with Crippen molar-refractivity contribution < 1.29 is 9.59 Å². The Morgan fingerprint density at radius 3 is 2.50 bits per heavy atom. The molecule has 0 aliphatic carbocycles. The molecule has 18 heavy (non-hydrogen) atoms. The normalized spacial score (nSPS) is 15.7. The number of anilines is 1. The third-order valence-corrected chi connectivity index (χ3v) is 3.42. The van der Waals surface area contributed by atoms with E-state index in [9.17, 15) is 9.59 Å². The largest absolute Gasteiger partial charge is 0.367 e. The van der Waals surface area contributed by atoms with E-state index in [1.807, 2.05) is 11.0 Å². The second-order valence-corrected chi connectivity index (χ2v) is 4.75.